The monoisotopic (exact) mass is 558 g/mol. The van der Waals surface area contributed by atoms with E-state index in [1.165, 1.54) is 13.2 Å². The fraction of sp³-hybridized carbons (Fsp3) is 0.303. The van der Waals surface area contributed by atoms with E-state index in [1.54, 1.807) is 32.2 Å². The maximum Gasteiger partial charge on any atom is 0.341 e. The van der Waals surface area contributed by atoms with Gasteiger partial charge >= 0.3 is 11.9 Å². The van der Waals surface area contributed by atoms with E-state index < -0.39 is 5.97 Å². The van der Waals surface area contributed by atoms with Crippen molar-refractivity contribution in [1.82, 2.24) is 0 Å². The number of rotatable bonds is 13. The van der Waals surface area contributed by atoms with Gasteiger partial charge in [-0.05, 0) is 68.0 Å². The summed E-state index contributed by atoms with van der Waals surface area (Å²) in [7, 11) is 2.92. The summed E-state index contributed by atoms with van der Waals surface area (Å²) in [6.07, 6.45) is 7.21. The largest absolute Gasteiger partial charge is 0.497 e. The van der Waals surface area contributed by atoms with E-state index in [0.717, 1.165) is 36.1 Å². The Bertz CT molecular complexity index is 1600. The molecule has 1 heterocycles. The van der Waals surface area contributed by atoms with E-state index in [-0.39, 0.29) is 40.1 Å². The number of carbonyl (C=O) groups is 2. The molecule has 4 rings (SSSR count). The number of benzene rings is 3. The summed E-state index contributed by atoms with van der Waals surface area (Å²) in [6, 6.07) is 16.1. The molecular weight excluding hydrogens is 524 g/mol. The number of aryl methyl sites for hydroxylation is 1. The van der Waals surface area contributed by atoms with E-state index >= 15 is 0 Å². The van der Waals surface area contributed by atoms with Gasteiger partial charge < -0.3 is 23.4 Å². The van der Waals surface area contributed by atoms with Crippen molar-refractivity contribution >= 4 is 40.0 Å². The highest BCUT2D eigenvalue weighted by Gasteiger charge is 2.19. The van der Waals surface area contributed by atoms with Crippen molar-refractivity contribution in [2.45, 2.75) is 39.0 Å². The Morgan fingerprint density at radius 1 is 0.976 bits per heavy atom. The maximum absolute atomic E-state index is 13.4. The van der Waals surface area contributed by atoms with Crippen LogP contribution in [-0.4, -0.2) is 39.4 Å². The minimum Gasteiger partial charge on any atom is -0.497 e. The topological polar surface area (TPSA) is 101 Å². The summed E-state index contributed by atoms with van der Waals surface area (Å²) >= 11 is 0. The van der Waals surface area contributed by atoms with Gasteiger partial charge in [0.1, 0.15) is 28.2 Å². The van der Waals surface area contributed by atoms with E-state index in [1.807, 2.05) is 30.3 Å². The molecule has 8 heteroatoms. The average Bonchev–Trinajstić information content (AvgIpc) is 2.99. The molecule has 4 aromatic rings. The third-order valence-electron chi connectivity index (χ3n) is 6.64. The number of hydrogen-bond donors (Lipinski definition) is 0. The summed E-state index contributed by atoms with van der Waals surface area (Å²) in [4.78, 5) is 37.8. The molecule has 0 aliphatic heterocycles. The third kappa shape index (κ3) is 7.33. The molecule has 0 bridgehead atoms. The van der Waals surface area contributed by atoms with Gasteiger partial charge in [-0.3, -0.25) is 9.59 Å². The highest BCUT2D eigenvalue weighted by molar-refractivity contribution is 5.99. The van der Waals surface area contributed by atoms with Gasteiger partial charge in [0.25, 0.3) is 0 Å². The minimum atomic E-state index is -0.605. The Hall–Kier alpha value is -4.59. The molecule has 0 aliphatic carbocycles. The molecule has 41 heavy (non-hydrogen) atoms. The van der Waals surface area contributed by atoms with Gasteiger partial charge in [-0.15, -0.1) is 0 Å². The van der Waals surface area contributed by atoms with Crippen LogP contribution in [0.4, 0.5) is 0 Å². The Morgan fingerprint density at radius 2 is 1.78 bits per heavy atom. The molecule has 0 fully saturated rings. The van der Waals surface area contributed by atoms with Crippen molar-refractivity contribution in [2.24, 2.45) is 0 Å². The van der Waals surface area contributed by atoms with Crippen molar-refractivity contribution < 1.29 is 33.0 Å². The average molecular weight is 559 g/mol. The van der Waals surface area contributed by atoms with Gasteiger partial charge in [0, 0.05) is 12.5 Å². The molecule has 214 valence electrons. The fourth-order valence-corrected chi connectivity index (χ4v) is 4.50. The molecule has 0 unspecified atom stereocenters. The molecule has 1 aromatic heterocycles. The first kappa shape index (κ1) is 29.4. The zero-order valence-electron chi connectivity index (χ0n) is 23.6. The summed E-state index contributed by atoms with van der Waals surface area (Å²) in [5.41, 5.74) is 2.38. The second-order valence-electron chi connectivity index (χ2n) is 9.39. The normalized spacial score (nSPS) is 11.2. The van der Waals surface area contributed by atoms with Crippen molar-refractivity contribution in [3.63, 3.8) is 0 Å². The summed E-state index contributed by atoms with van der Waals surface area (Å²) in [6.45, 7) is 2.43. The number of para-hydroxylation sites is 1. The quantitative estimate of drug-likeness (QED) is 0.104. The highest BCUT2D eigenvalue weighted by atomic mass is 16.5. The Labute approximate surface area is 238 Å². The first-order valence-corrected chi connectivity index (χ1v) is 13.6. The number of ether oxygens (including phenoxy) is 4. The minimum absolute atomic E-state index is 0.157. The van der Waals surface area contributed by atoms with E-state index in [0.29, 0.717) is 30.6 Å². The van der Waals surface area contributed by atoms with E-state index in [4.69, 9.17) is 23.4 Å². The van der Waals surface area contributed by atoms with Gasteiger partial charge in [-0.25, -0.2) is 4.79 Å². The number of carbonyl (C=O) groups excluding carboxylic acids is 2. The van der Waals surface area contributed by atoms with E-state index in [2.05, 4.69) is 12.2 Å². The molecule has 3 aromatic carbocycles. The maximum atomic E-state index is 13.4. The summed E-state index contributed by atoms with van der Waals surface area (Å²) in [5, 5.41) is 0.613. The van der Waals surface area contributed by atoms with Gasteiger partial charge in [0.2, 0.25) is 5.43 Å². The van der Waals surface area contributed by atoms with Gasteiger partial charge in [0.05, 0.1) is 38.2 Å². The van der Waals surface area contributed by atoms with Crippen LogP contribution in [0, 0.1) is 0 Å². The lowest BCUT2D eigenvalue weighted by molar-refractivity contribution is -0.143. The number of methoxy groups -OCH3 is 2. The molecule has 0 radical (unpaired) electrons. The summed E-state index contributed by atoms with van der Waals surface area (Å²) < 4.78 is 27.3. The number of unbranched alkanes of at least 4 members (excludes halogenated alkanes) is 2. The van der Waals surface area contributed by atoms with Crippen molar-refractivity contribution in [1.29, 1.82) is 0 Å². The number of hydrogen-bond acceptors (Lipinski definition) is 8. The Balaban J connectivity index is 1.50. The second kappa shape index (κ2) is 14.2. The number of fused-ring (bicyclic) bond motifs is 2. The molecule has 0 spiro atoms. The van der Waals surface area contributed by atoms with Crippen molar-refractivity contribution in [2.75, 3.05) is 27.4 Å². The standard InChI is InChI=1S/C33H34O8/c1-4-39-30(34)18-15-23-11-9-12-25-31(35)26-20-27(33(36)38-3)28(21-29(26)41-32(23)25)40-19-8-6-5-7-10-22-13-16-24(37-2)17-14-22/h7,9-14,16-17,20-21H,4-6,8,15,18-19H2,1-3H3/b10-7+. The van der Waals surface area contributed by atoms with Crippen LogP contribution >= 0.6 is 0 Å². The zero-order chi connectivity index (χ0) is 29.2. The predicted molar refractivity (Wildman–Crippen MR) is 158 cm³/mol. The summed E-state index contributed by atoms with van der Waals surface area (Å²) in [5.74, 6) is 0.181. The fourth-order valence-electron chi connectivity index (χ4n) is 4.50. The molecule has 0 atom stereocenters. The van der Waals surface area contributed by atoms with Gasteiger partial charge in [0.15, 0.2) is 0 Å². The van der Waals surface area contributed by atoms with Crippen LogP contribution in [0.25, 0.3) is 28.0 Å². The first-order chi connectivity index (χ1) is 19.9. The second-order valence-corrected chi connectivity index (χ2v) is 9.39. The molecule has 0 aliphatic rings. The predicted octanol–water partition coefficient (Wildman–Crippen LogP) is 6.50. The van der Waals surface area contributed by atoms with Gasteiger partial charge in [-0.2, -0.15) is 0 Å². The van der Waals surface area contributed by atoms with Crippen molar-refractivity contribution in [3.05, 3.63) is 87.6 Å². The Kier molecular flexibility index (Phi) is 10.2. The Morgan fingerprint density at radius 3 is 2.51 bits per heavy atom. The molecule has 0 saturated heterocycles. The lowest BCUT2D eigenvalue weighted by Gasteiger charge is -2.12. The number of allylic oxidation sites excluding steroid dienone is 1. The van der Waals surface area contributed by atoms with Crippen LogP contribution < -0.4 is 14.9 Å². The van der Waals surface area contributed by atoms with Crippen LogP contribution in [0.15, 0.2) is 69.9 Å². The van der Waals surface area contributed by atoms with E-state index in [9.17, 15) is 14.4 Å². The van der Waals surface area contributed by atoms with Crippen LogP contribution in [0.5, 0.6) is 11.5 Å². The van der Waals surface area contributed by atoms with Crippen LogP contribution in [0.2, 0.25) is 0 Å². The molecular formula is C33H34O8. The SMILES string of the molecule is CCOC(=O)CCc1cccc2c(=O)c3cc(C(=O)OC)c(OCCCC/C=C/c4ccc(OC)cc4)cc3oc12. The first-order valence-electron chi connectivity index (χ1n) is 13.6. The third-order valence-corrected chi connectivity index (χ3v) is 6.64. The van der Waals surface area contributed by atoms with Crippen LogP contribution in [0.1, 0.15) is 54.1 Å². The zero-order valence-corrected chi connectivity index (χ0v) is 23.6. The molecule has 0 saturated carbocycles. The molecule has 0 N–H and O–H groups in total. The smallest absolute Gasteiger partial charge is 0.341 e. The lowest BCUT2D eigenvalue weighted by Crippen LogP contribution is -2.10. The van der Waals surface area contributed by atoms with Crippen molar-refractivity contribution in [3.8, 4) is 11.5 Å². The number of esters is 2. The van der Waals surface area contributed by atoms with Crippen LogP contribution in [-0.2, 0) is 20.7 Å². The lowest BCUT2D eigenvalue weighted by atomic mass is 10.0. The van der Waals surface area contributed by atoms with Crippen LogP contribution in [0.3, 0.4) is 0 Å². The highest BCUT2D eigenvalue weighted by Crippen LogP contribution is 2.29. The molecule has 8 nitrogen and oxygen atoms in total. The molecule has 0 amide bonds. The van der Waals surface area contributed by atoms with Gasteiger partial charge in [-0.1, -0.05) is 36.4 Å².